The van der Waals surface area contributed by atoms with Gasteiger partial charge in [-0.1, -0.05) is 63.9 Å². The summed E-state index contributed by atoms with van der Waals surface area (Å²) < 4.78 is 0. The SMILES string of the molecule is CCC=O.CCCN[C@H]1CCSSC1.CCCO.NC1CCSSC1.N[C@H](CS)CCS. The van der Waals surface area contributed by atoms with Gasteiger partial charge in [-0.2, -0.15) is 25.3 Å². The number of nitrogens with two attached hydrogens (primary N) is 2. The van der Waals surface area contributed by atoms with Gasteiger partial charge in [0.15, 0.2) is 0 Å². The van der Waals surface area contributed by atoms with Gasteiger partial charge in [0.25, 0.3) is 0 Å². The summed E-state index contributed by atoms with van der Waals surface area (Å²) in [4.78, 5) is 9.17. The van der Waals surface area contributed by atoms with Gasteiger partial charge in [0.1, 0.15) is 6.29 Å². The van der Waals surface area contributed by atoms with E-state index in [9.17, 15) is 4.79 Å². The highest BCUT2D eigenvalue weighted by molar-refractivity contribution is 8.77. The van der Waals surface area contributed by atoms with Crippen molar-refractivity contribution in [1.82, 2.24) is 5.32 Å². The molecule has 0 saturated carbocycles. The van der Waals surface area contributed by atoms with Gasteiger partial charge in [0.2, 0.25) is 0 Å². The van der Waals surface area contributed by atoms with E-state index in [0.29, 0.717) is 19.1 Å². The quantitative estimate of drug-likeness (QED) is 0.140. The highest BCUT2D eigenvalue weighted by Gasteiger charge is 2.12. The Morgan fingerprint density at radius 1 is 1.06 bits per heavy atom. The topological polar surface area (TPSA) is 101 Å². The first-order valence-electron chi connectivity index (χ1n) is 11.5. The second kappa shape index (κ2) is 34.8. The molecule has 2 heterocycles. The molecule has 0 aromatic rings. The van der Waals surface area contributed by atoms with Crippen LogP contribution in [0.25, 0.3) is 0 Å². The normalized spacial score (nSPS) is 20.4. The molecule has 0 bridgehead atoms. The van der Waals surface area contributed by atoms with Gasteiger partial charge in [0.05, 0.1) is 0 Å². The molecule has 196 valence electrons. The van der Waals surface area contributed by atoms with Gasteiger partial charge in [-0.3, -0.25) is 0 Å². The molecule has 1 unspecified atom stereocenters. The van der Waals surface area contributed by atoms with Crippen LogP contribution in [0.2, 0.25) is 0 Å². The first-order chi connectivity index (χ1) is 15.5. The molecule has 2 fully saturated rings. The van der Waals surface area contributed by atoms with E-state index in [2.05, 4.69) is 37.5 Å². The van der Waals surface area contributed by atoms with Gasteiger partial charge in [-0.25, -0.2) is 0 Å². The molecule has 5 nitrogen and oxygen atoms in total. The minimum atomic E-state index is 0.237. The summed E-state index contributed by atoms with van der Waals surface area (Å²) in [5, 5.41) is 11.4. The van der Waals surface area contributed by atoms with Crippen molar-refractivity contribution in [2.45, 2.75) is 77.4 Å². The lowest BCUT2D eigenvalue weighted by molar-refractivity contribution is -0.107. The standard InChI is InChI=1S/C7H15NS2.C4H9NS2.C4H11NS2.C3H8O.C3H6O/c1-2-4-8-7-3-5-9-10-6-7;5-4-1-2-6-7-3-4;5-4(3-7)1-2-6;2*1-2-3-4/h7-8H,2-6H2,1H3;4H,1-3,5H2;4,6-7H,1-3,5H2;4H,2-3H2,1H3;3H,2H2,1H3/t7-;;4-;;/m0.0../s1. The highest BCUT2D eigenvalue weighted by atomic mass is 33.1. The summed E-state index contributed by atoms with van der Waals surface area (Å²) in [6.45, 7) is 7.47. The third kappa shape index (κ3) is 36.2. The third-order valence-corrected chi connectivity index (χ3v) is 9.43. The van der Waals surface area contributed by atoms with Gasteiger partial charge < -0.3 is 26.7 Å². The van der Waals surface area contributed by atoms with Crippen LogP contribution in [-0.2, 0) is 4.79 Å². The Kier molecular flexibility index (Phi) is 41.5. The van der Waals surface area contributed by atoms with Crippen LogP contribution in [-0.4, -0.2) is 77.2 Å². The summed E-state index contributed by atoms with van der Waals surface area (Å²) >= 11 is 7.99. The number of thiol groups is 2. The molecule has 0 aliphatic carbocycles. The summed E-state index contributed by atoms with van der Waals surface area (Å²) in [7, 11) is 7.85. The minimum Gasteiger partial charge on any atom is -0.396 e. The molecule has 6 N–H and O–H groups in total. The molecular weight excluding hydrogens is 519 g/mol. The van der Waals surface area contributed by atoms with E-state index < -0.39 is 0 Å². The molecule has 11 heteroatoms. The smallest absolute Gasteiger partial charge is 0.119 e. The molecule has 2 aliphatic rings. The Morgan fingerprint density at radius 3 is 1.88 bits per heavy atom. The van der Waals surface area contributed by atoms with Crippen molar-refractivity contribution in [3.63, 3.8) is 0 Å². The number of aliphatic hydroxyl groups excluding tert-OH is 1. The Labute approximate surface area is 225 Å². The number of hydrogen-bond donors (Lipinski definition) is 6. The molecule has 32 heavy (non-hydrogen) atoms. The largest absolute Gasteiger partial charge is 0.396 e. The van der Waals surface area contributed by atoms with Crippen LogP contribution < -0.4 is 16.8 Å². The number of rotatable bonds is 8. The highest BCUT2D eigenvalue weighted by Crippen LogP contribution is 2.29. The van der Waals surface area contributed by atoms with Gasteiger partial charge in [0, 0.05) is 59.9 Å². The zero-order chi connectivity index (χ0) is 24.9. The maximum atomic E-state index is 9.17. The number of nitrogens with one attached hydrogen (secondary N) is 1. The van der Waals surface area contributed by atoms with Crippen molar-refractivity contribution >= 4 is 74.7 Å². The van der Waals surface area contributed by atoms with Crippen LogP contribution in [0.4, 0.5) is 0 Å². The zero-order valence-electron chi connectivity index (χ0n) is 20.2. The maximum absolute atomic E-state index is 9.17. The molecule has 0 amide bonds. The lowest BCUT2D eigenvalue weighted by Gasteiger charge is -2.21. The fourth-order valence-electron chi connectivity index (χ4n) is 1.71. The van der Waals surface area contributed by atoms with Crippen LogP contribution in [0.3, 0.4) is 0 Å². The first-order valence-corrected chi connectivity index (χ1v) is 17.7. The molecule has 0 aromatic heterocycles. The predicted octanol–water partition coefficient (Wildman–Crippen LogP) is 4.79. The van der Waals surface area contributed by atoms with E-state index >= 15 is 0 Å². The molecule has 2 rings (SSSR count). The molecule has 3 atom stereocenters. The van der Waals surface area contributed by atoms with Crippen molar-refractivity contribution in [2.24, 2.45) is 11.5 Å². The summed E-state index contributed by atoms with van der Waals surface area (Å²) in [5.41, 5.74) is 11.1. The fourth-order valence-corrected chi connectivity index (χ4v) is 7.10. The average molecular weight is 568 g/mol. The lowest BCUT2D eigenvalue weighted by Crippen LogP contribution is -2.33. The van der Waals surface area contributed by atoms with E-state index in [1.54, 1.807) is 0 Å². The van der Waals surface area contributed by atoms with E-state index in [-0.39, 0.29) is 6.04 Å². The van der Waals surface area contributed by atoms with E-state index in [0.717, 1.165) is 42.4 Å². The number of hydrogen-bond acceptors (Lipinski definition) is 11. The fraction of sp³-hybridized carbons (Fsp3) is 0.952. The molecular formula is C21H49N3O2S6. The van der Waals surface area contributed by atoms with E-state index in [4.69, 9.17) is 16.6 Å². The van der Waals surface area contributed by atoms with Crippen molar-refractivity contribution in [3.05, 3.63) is 0 Å². The van der Waals surface area contributed by atoms with Crippen molar-refractivity contribution < 1.29 is 9.90 Å². The van der Waals surface area contributed by atoms with E-state index in [1.165, 1.54) is 43.1 Å². The van der Waals surface area contributed by atoms with Crippen LogP contribution in [0, 0.1) is 0 Å². The monoisotopic (exact) mass is 567 g/mol. The van der Waals surface area contributed by atoms with Crippen LogP contribution >= 0.6 is 68.4 Å². The number of aldehydes is 1. The second-order valence-electron chi connectivity index (χ2n) is 6.95. The van der Waals surface area contributed by atoms with Gasteiger partial charge in [-0.05, 0) is 44.4 Å². The first kappa shape index (κ1) is 38.1. The Bertz CT molecular complexity index is 334. The average Bonchev–Trinajstić information content (AvgIpc) is 2.85. The molecule has 2 saturated heterocycles. The zero-order valence-corrected chi connectivity index (χ0v) is 25.3. The predicted molar refractivity (Wildman–Crippen MR) is 163 cm³/mol. The van der Waals surface area contributed by atoms with Crippen molar-refractivity contribution in [3.8, 4) is 0 Å². The third-order valence-electron chi connectivity index (χ3n) is 3.65. The Morgan fingerprint density at radius 2 is 1.62 bits per heavy atom. The molecule has 0 aromatic carbocycles. The summed E-state index contributed by atoms with van der Waals surface area (Å²) in [5.74, 6) is 6.63. The Balaban J connectivity index is -0.000000345. The van der Waals surface area contributed by atoms with Crippen LogP contribution in [0.15, 0.2) is 0 Å². The Hall–Kier alpha value is 1.61. The minimum absolute atomic E-state index is 0.237. The summed E-state index contributed by atoms with van der Waals surface area (Å²) in [6.07, 6.45) is 7.18. The molecule has 2 aliphatic heterocycles. The van der Waals surface area contributed by atoms with Crippen LogP contribution in [0.5, 0.6) is 0 Å². The maximum Gasteiger partial charge on any atom is 0.119 e. The second-order valence-corrected chi connectivity index (χ2v) is 13.0. The summed E-state index contributed by atoms with van der Waals surface area (Å²) in [6, 6.07) is 1.51. The van der Waals surface area contributed by atoms with Gasteiger partial charge >= 0.3 is 0 Å². The van der Waals surface area contributed by atoms with E-state index in [1.807, 2.05) is 57.0 Å². The molecule has 0 radical (unpaired) electrons. The van der Waals surface area contributed by atoms with Crippen LogP contribution in [0.1, 0.15) is 59.3 Å². The van der Waals surface area contributed by atoms with Crippen molar-refractivity contribution in [1.29, 1.82) is 0 Å². The number of aliphatic hydroxyl groups is 1. The number of carbonyl (C=O) groups is 1. The number of carbonyl (C=O) groups excluding carboxylic acids is 1. The van der Waals surface area contributed by atoms with Crippen molar-refractivity contribution in [2.75, 3.05) is 47.7 Å². The molecule has 0 spiro atoms. The van der Waals surface area contributed by atoms with Gasteiger partial charge in [-0.15, -0.1) is 0 Å². The lowest BCUT2D eigenvalue weighted by atomic mass is 10.2.